The zero-order chi connectivity index (χ0) is 13.0. The molecule has 0 unspecified atom stereocenters. The number of halogens is 1. The van der Waals surface area contributed by atoms with Crippen LogP contribution in [0.15, 0.2) is 12.1 Å². The number of aromatic nitrogens is 1. The van der Waals surface area contributed by atoms with E-state index in [1.54, 1.807) is 6.07 Å². The number of nitrogens with one attached hydrogen (secondary N) is 1. The molecule has 0 aliphatic carbocycles. The van der Waals surface area contributed by atoms with Crippen molar-refractivity contribution in [2.45, 2.75) is 13.0 Å². The van der Waals surface area contributed by atoms with E-state index >= 15 is 0 Å². The van der Waals surface area contributed by atoms with Crippen LogP contribution in [0.4, 0.5) is 5.82 Å². The first kappa shape index (κ1) is 13.5. The number of anilines is 1. The number of nitrogens with two attached hydrogens (primary N) is 1. The van der Waals surface area contributed by atoms with Gasteiger partial charge in [-0.2, -0.15) is 0 Å². The number of pyridine rings is 1. The third kappa shape index (κ3) is 3.55. The highest BCUT2D eigenvalue weighted by Crippen LogP contribution is 2.18. The first-order valence-corrected chi connectivity index (χ1v) is 6.60. The zero-order valence-electron chi connectivity index (χ0n) is 10.7. The molecule has 18 heavy (non-hydrogen) atoms. The Labute approximate surface area is 113 Å². The van der Waals surface area contributed by atoms with Crippen molar-refractivity contribution in [3.8, 4) is 0 Å². The smallest absolute Gasteiger partial charge is 0.140 e. The van der Waals surface area contributed by atoms with Gasteiger partial charge in [-0.25, -0.2) is 10.8 Å². The van der Waals surface area contributed by atoms with Gasteiger partial charge in [-0.15, -0.1) is 0 Å². The minimum Gasteiger partial charge on any atom is -0.308 e. The Morgan fingerprint density at radius 3 is 2.94 bits per heavy atom. The van der Waals surface area contributed by atoms with Crippen molar-refractivity contribution in [3.63, 3.8) is 0 Å². The molecule has 1 saturated heterocycles. The molecule has 1 aliphatic heterocycles. The number of hydrogen-bond acceptors (Lipinski definition) is 5. The predicted octanol–water partition coefficient (Wildman–Crippen LogP) is 1.16. The van der Waals surface area contributed by atoms with E-state index in [1.165, 1.54) is 6.42 Å². The van der Waals surface area contributed by atoms with Crippen molar-refractivity contribution in [3.05, 3.63) is 22.8 Å². The fourth-order valence-corrected chi connectivity index (χ4v) is 2.31. The molecule has 0 bridgehead atoms. The highest BCUT2D eigenvalue weighted by Gasteiger charge is 2.14. The van der Waals surface area contributed by atoms with E-state index < -0.39 is 0 Å². The van der Waals surface area contributed by atoms with Gasteiger partial charge < -0.3 is 10.3 Å². The van der Waals surface area contributed by atoms with Crippen molar-refractivity contribution in [1.29, 1.82) is 0 Å². The highest BCUT2D eigenvalue weighted by atomic mass is 35.5. The lowest BCUT2D eigenvalue weighted by atomic mass is 10.3. The second-order valence-corrected chi connectivity index (χ2v) is 5.11. The van der Waals surface area contributed by atoms with E-state index in [2.05, 4.69) is 27.3 Å². The average molecular weight is 270 g/mol. The van der Waals surface area contributed by atoms with Crippen LogP contribution < -0.4 is 11.3 Å². The van der Waals surface area contributed by atoms with E-state index in [0.717, 1.165) is 38.4 Å². The number of hydrogen-bond donors (Lipinski definition) is 2. The molecule has 1 aliphatic rings. The topological polar surface area (TPSA) is 57.4 Å². The summed E-state index contributed by atoms with van der Waals surface area (Å²) in [5, 5.41) is 0.701. The van der Waals surface area contributed by atoms with E-state index in [-0.39, 0.29) is 0 Å². The molecule has 0 aromatic carbocycles. The lowest BCUT2D eigenvalue weighted by Crippen LogP contribution is -2.29. The van der Waals surface area contributed by atoms with Crippen molar-refractivity contribution in [2.24, 2.45) is 5.84 Å². The molecule has 6 heteroatoms. The number of nitrogen functional groups attached to an aromatic ring is 1. The Hall–Kier alpha value is -0.880. The third-order valence-corrected chi connectivity index (χ3v) is 3.60. The van der Waals surface area contributed by atoms with Gasteiger partial charge in [0.1, 0.15) is 5.82 Å². The fraction of sp³-hybridized carbons (Fsp3) is 0.583. The third-order valence-electron chi connectivity index (χ3n) is 3.25. The lowest BCUT2D eigenvalue weighted by Gasteiger charge is -2.20. The molecule has 0 atom stereocenters. The van der Waals surface area contributed by atoms with Gasteiger partial charge in [0, 0.05) is 19.6 Å². The molecule has 0 radical (unpaired) electrons. The van der Waals surface area contributed by atoms with Gasteiger partial charge in [0.15, 0.2) is 0 Å². The predicted molar refractivity (Wildman–Crippen MR) is 74.4 cm³/mol. The first-order chi connectivity index (χ1) is 8.69. The maximum absolute atomic E-state index is 6.17. The molecule has 0 spiro atoms. The summed E-state index contributed by atoms with van der Waals surface area (Å²) in [6, 6.07) is 3.62. The minimum absolute atomic E-state index is 0.654. The van der Waals surface area contributed by atoms with Crippen LogP contribution in [0.5, 0.6) is 0 Å². The van der Waals surface area contributed by atoms with Gasteiger partial charge in [0.25, 0.3) is 0 Å². The lowest BCUT2D eigenvalue weighted by molar-refractivity contribution is 0.266. The maximum atomic E-state index is 6.17. The van der Waals surface area contributed by atoms with E-state index in [0.29, 0.717) is 10.8 Å². The molecule has 0 amide bonds. The Kier molecular flexibility index (Phi) is 4.77. The quantitative estimate of drug-likeness (QED) is 0.637. The second-order valence-electron chi connectivity index (χ2n) is 4.70. The standard InChI is InChI=1S/C12H20ClN5/c1-17-5-2-6-18(8-7-17)9-11-10(13)3-4-12(15-11)16-14/h3-4H,2,5-9,14H2,1H3,(H,15,16). The van der Waals surface area contributed by atoms with Gasteiger partial charge in [-0.3, -0.25) is 4.90 Å². The summed E-state index contributed by atoms with van der Waals surface area (Å²) in [5.74, 6) is 6.02. The number of likely N-dealkylation sites (N-methyl/N-ethyl adjacent to an activating group) is 1. The number of nitrogens with zero attached hydrogens (tertiary/aromatic N) is 3. The average Bonchev–Trinajstić information content (AvgIpc) is 2.57. The second kappa shape index (κ2) is 6.33. The molecule has 1 aromatic heterocycles. The number of rotatable bonds is 3. The molecular formula is C12H20ClN5. The van der Waals surface area contributed by atoms with E-state index in [4.69, 9.17) is 17.4 Å². The molecule has 1 aromatic rings. The summed E-state index contributed by atoms with van der Waals surface area (Å²) < 4.78 is 0. The monoisotopic (exact) mass is 269 g/mol. The Bertz CT molecular complexity index is 398. The van der Waals surface area contributed by atoms with Gasteiger partial charge >= 0.3 is 0 Å². The molecule has 3 N–H and O–H groups in total. The Balaban J connectivity index is 2.03. The van der Waals surface area contributed by atoms with Gasteiger partial charge in [0.05, 0.1) is 10.7 Å². The Morgan fingerprint density at radius 2 is 2.17 bits per heavy atom. The molecule has 5 nitrogen and oxygen atoms in total. The summed E-state index contributed by atoms with van der Waals surface area (Å²) in [7, 11) is 2.16. The zero-order valence-corrected chi connectivity index (χ0v) is 11.5. The first-order valence-electron chi connectivity index (χ1n) is 6.22. The van der Waals surface area contributed by atoms with E-state index in [9.17, 15) is 0 Å². The van der Waals surface area contributed by atoms with E-state index in [1.807, 2.05) is 6.07 Å². The summed E-state index contributed by atoms with van der Waals surface area (Å²) in [5.41, 5.74) is 3.44. The van der Waals surface area contributed by atoms with Gasteiger partial charge in [-0.1, -0.05) is 11.6 Å². The van der Waals surface area contributed by atoms with Crippen LogP contribution in [0.25, 0.3) is 0 Å². The summed E-state index contributed by atoms with van der Waals surface area (Å²) >= 11 is 6.17. The molecular weight excluding hydrogens is 250 g/mol. The maximum Gasteiger partial charge on any atom is 0.140 e. The SMILES string of the molecule is CN1CCCN(Cc2nc(NN)ccc2Cl)CC1. The van der Waals surface area contributed by atoms with Crippen LogP contribution in [-0.4, -0.2) is 48.0 Å². The van der Waals surface area contributed by atoms with Crippen LogP contribution in [-0.2, 0) is 6.54 Å². The van der Waals surface area contributed by atoms with Crippen LogP contribution in [0, 0.1) is 0 Å². The van der Waals surface area contributed by atoms with Crippen molar-refractivity contribution in [2.75, 3.05) is 38.7 Å². The van der Waals surface area contributed by atoms with Crippen LogP contribution >= 0.6 is 11.6 Å². The van der Waals surface area contributed by atoms with Crippen molar-refractivity contribution < 1.29 is 0 Å². The normalized spacial score (nSPS) is 18.6. The van der Waals surface area contributed by atoms with Crippen LogP contribution in [0.3, 0.4) is 0 Å². The molecule has 0 saturated carbocycles. The highest BCUT2D eigenvalue weighted by molar-refractivity contribution is 6.31. The molecule has 2 heterocycles. The molecule has 100 valence electrons. The Morgan fingerprint density at radius 1 is 1.33 bits per heavy atom. The van der Waals surface area contributed by atoms with Crippen LogP contribution in [0.1, 0.15) is 12.1 Å². The van der Waals surface area contributed by atoms with Crippen molar-refractivity contribution >= 4 is 17.4 Å². The van der Waals surface area contributed by atoms with Crippen molar-refractivity contribution in [1.82, 2.24) is 14.8 Å². The fourth-order valence-electron chi connectivity index (χ4n) is 2.15. The van der Waals surface area contributed by atoms with Gasteiger partial charge in [-0.05, 0) is 38.7 Å². The summed E-state index contributed by atoms with van der Waals surface area (Å²) in [4.78, 5) is 9.15. The molecule has 2 rings (SSSR count). The largest absolute Gasteiger partial charge is 0.308 e. The summed E-state index contributed by atoms with van der Waals surface area (Å²) in [6.45, 7) is 5.16. The number of hydrazine groups is 1. The van der Waals surface area contributed by atoms with Crippen LogP contribution in [0.2, 0.25) is 5.02 Å². The molecule has 1 fully saturated rings. The minimum atomic E-state index is 0.654. The van der Waals surface area contributed by atoms with Gasteiger partial charge in [0.2, 0.25) is 0 Å². The summed E-state index contributed by atoms with van der Waals surface area (Å²) in [6.07, 6.45) is 1.18.